The highest BCUT2D eigenvalue weighted by atomic mass is 16.5. The average Bonchev–Trinajstić information content (AvgIpc) is 1.69. The van der Waals surface area contributed by atoms with Gasteiger partial charge in [0.05, 0.1) is 6.61 Å². The summed E-state index contributed by atoms with van der Waals surface area (Å²) in [7, 11) is 0. The first-order valence-corrected chi connectivity index (χ1v) is 2.07. The Morgan fingerprint density at radius 2 is 2.14 bits per heavy atom. The van der Waals surface area contributed by atoms with Gasteiger partial charge in [0.2, 0.25) is 6.61 Å². The van der Waals surface area contributed by atoms with E-state index in [4.69, 9.17) is 10.2 Å². The molecule has 0 amide bonds. The summed E-state index contributed by atoms with van der Waals surface area (Å²) in [6.07, 6.45) is 0. The topological polar surface area (TPSA) is 49.7 Å². The van der Waals surface area contributed by atoms with Crippen molar-refractivity contribution in [3.63, 3.8) is 0 Å². The molecule has 0 aliphatic heterocycles. The lowest BCUT2D eigenvalue weighted by Crippen LogP contribution is -1.98. The first kappa shape index (κ1) is 6.75. The summed E-state index contributed by atoms with van der Waals surface area (Å²) in [5, 5.41) is 16.1. The maximum absolute atomic E-state index is 8.07. The molecule has 0 heterocycles. The lowest BCUT2D eigenvalue weighted by atomic mass is 10.7. The molecular weight excluding hydrogens is 96.0 g/mol. The third kappa shape index (κ3) is 5.75. The van der Waals surface area contributed by atoms with Gasteiger partial charge in [-0.1, -0.05) is 0 Å². The number of aliphatic hydroxyl groups is 2. The van der Waals surface area contributed by atoms with Crippen molar-refractivity contribution in [1.29, 1.82) is 0 Å². The SMILES string of the molecule is OC[CH+]OCCO. The highest BCUT2D eigenvalue weighted by Gasteiger charge is 1.91. The van der Waals surface area contributed by atoms with Crippen molar-refractivity contribution >= 4 is 0 Å². The van der Waals surface area contributed by atoms with Crippen molar-refractivity contribution in [3.8, 4) is 0 Å². The summed E-state index contributed by atoms with van der Waals surface area (Å²) in [4.78, 5) is 0. The van der Waals surface area contributed by atoms with Crippen molar-refractivity contribution in [2.24, 2.45) is 0 Å². The molecule has 0 radical (unpaired) electrons. The van der Waals surface area contributed by atoms with E-state index in [1.165, 1.54) is 6.61 Å². The molecule has 0 aromatic carbocycles. The number of rotatable bonds is 4. The number of aliphatic hydroxyl groups excluding tert-OH is 2. The molecule has 0 atom stereocenters. The summed E-state index contributed by atoms with van der Waals surface area (Å²) < 4.78 is 4.51. The third-order valence-electron chi connectivity index (χ3n) is 0.402. The van der Waals surface area contributed by atoms with Crippen LogP contribution in [0.4, 0.5) is 0 Å². The fourth-order valence-corrected chi connectivity index (χ4v) is 0.189. The zero-order valence-corrected chi connectivity index (χ0v) is 4.00. The molecule has 42 valence electrons. The van der Waals surface area contributed by atoms with Gasteiger partial charge >= 0.3 is 0 Å². The molecule has 0 unspecified atom stereocenters. The first-order chi connectivity index (χ1) is 3.41. The van der Waals surface area contributed by atoms with Gasteiger partial charge in [0.25, 0.3) is 6.61 Å². The smallest absolute Gasteiger partial charge is 0.254 e. The monoisotopic (exact) mass is 105 g/mol. The Morgan fingerprint density at radius 3 is 2.57 bits per heavy atom. The fraction of sp³-hybridized carbons (Fsp3) is 0.750. The Bertz CT molecular complexity index is 26.1. The molecule has 0 bridgehead atoms. The zero-order valence-electron chi connectivity index (χ0n) is 4.00. The fourth-order valence-electron chi connectivity index (χ4n) is 0.189. The Hall–Kier alpha value is -0.250. The van der Waals surface area contributed by atoms with E-state index in [2.05, 4.69) is 4.74 Å². The van der Waals surface area contributed by atoms with Crippen LogP contribution in [0.1, 0.15) is 0 Å². The molecular formula is C4H9O3+. The summed E-state index contributed by atoms with van der Waals surface area (Å²) in [5.74, 6) is 0. The standard InChI is InChI=1S/C4H9O3/c5-1-3-7-4-2-6/h3,5-6H,1-2,4H2/q+1. The Labute approximate surface area is 42.5 Å². The average molecular weight is 105 g/mol. The maximum Gasteiger partial charge on any atom is 0.254 e. The summed E-state index contributed by atoms with van der Waals surface area (Å²) in [5.41, 5.74) is 0. The van der Waals surface area contributed by atoms with E-state index in [0.29, 0.717) is 0 Å². The van der Waals surface area contributed by atoms with Crippen molar-refractivity contribution in [2.75, 3.05) is 19.8 Å². The highest BCUT2D eigenvalue weighted by molar-refractivity contribution is 4.41. The molecule has 3 nitrogen and oxygen atoms in total. The second kappa shape index (κ2) is 5.75. The third-order valence-corrected chi connectivity index (χ3v) is 0.402. The van der Waals surface area contributed by atoms with Crippen LogP contribution in [-0.4, -0.2) is 30.0 Å². The van der Waals surface area contributed by atoms with Gasteiger partial charge in [-0.2, -0.15) is 4.74 Å². The van der Waals surface area contributed by atoms with Gasteiger partial charge in [-0.3, -0.25) is 0 Å². The van der Waals surface area contributed by atoms with Crippen molar-refractivity contribution < 1.29 is 14.9 Å². The quantitative estimate of drug-likeness (QED) is 0.361. The van der Waals surface area contributed by atoms with Gasteiger partial charge in [0, 0.05) is 0 Å². The second-order valence-corrected chi connectivity index (χ2v) is 0.944. The van der Waals surface area contributed by atoms with E-state index in [9.17, 15) is 0 Å². The predicted molar refractivity (Wildman–Crippen MR) is 24.4 cm³/mol. The van der Waals surface area contributed by atoms with E-state index in [0.717, 1.165) is 0 Å². The minimum absolute atomic E-state index is 0.00347. The molecule has 0 aromatic heterocycles. The van der Waals surface area contributed by atoms with Crippen LogP contribution < -0.4 is 0 Å². The van der Waals surface area contributed by atoms with E-state index in [1.54, 1.807) is 0 Å². The molecule has 0 saturated carbocycles. The summed E-state index contributed by atoms with van der Waals surface area (Å²) in [6.45, 7) is 1.40. The molecule has 0 spiro atoms. The molecule has 0 rings (SSSR count). The largest absolute Gasteiger partial charge is 0.394 e. The van der Waals surface area contributed by atoms with Crippen LogP contribution in [-0.2, 0) is 4.74 Å². The number of hydrogen-bond acceptors (Lipinski definition) is 3. The molecule has 0 aromatic rings. The van der Waals surface area contributed by atoms with E-state index in [-0.39, 0.29) is 19.8 Å². The van der Waals surface area contributed by atoms with Crippen molar-refractivity contribution in [2.45, 2.75) is 0 Å². The second-order valence-electron chi connectivity index (χ2n) is 0.944. The van der Waals surface area contributed by atoms with Crippen LogP contribution in [0.15, 0.2) is 0 Å². The van der Waals surface area contributed by atoms with Crippen LogP contribution in [0.25, 0.3) is 0 Å². The highest BCUT2D eigenvalue weighted by Crippen LogP contribution is 1.75. The summed E-state index contributed by atoms with van der Waals surface area (Å²) >= 11 is 0. The van der Waals surface area contributed by atoms with E-state index in [1.807, 2.05) is 0 Å². The van der Waals surface area contributed by atoms with Crippen LogP contribution in [0, 0.1) is 6.61 Å². The van der Waals surface area contributed by atoms with Crippen LogP contribution in [0.3, 0.4) is 0 Å². The first-order valence-electron chi connectivity index (χ1n) is 2.07. The lowest BCUT2D eigenvalue weighted by molar-refractivity contribution is 0.111. The molecule has 0 saturated heterocycles. The molecule has 0 aliphatic rings. The van der Waals surface area contributed by atoms with E-state index < -0.39 is 0 Å². The molecule has 2 N–H and O–H groups in total. The normalized spacial score (nSPS) is 8.86. The Morgan fingerprint density at radius 1 is 1.43 bits per heavy atom. The van der Waals surface area contributed by atoms with Gasteiger partial charge in [0.15, 0.2) is 0 Å². The minimum Gasteiger partial charge on any atom is -0.394 e. The maximum atomic E-state index is 8.07. The molecule has 0 aliphatic carbocycles. The molecule has 7 heavy (non-hydrogen) atoms. The number of ether oxygens (including phenoxy) is 1. The summed E-state index contributed by atoms with van der Waals surface area (Å²) in [6, 6.07) is 0. The minimum atomic E-state index is -0.0972. The van der Waals surface area contributed by atoms with Crippen LogP contribution >= 0.6 is 0 Å². The van der Waals surface area contributed by atoms with Gasteiger partial charge in [-0.25, -0.2) is 0 Å². The van der Waals surface area contributed by atoms with Gasteiger partial charge in [0.1, 0.15) is 6.61 Å². The van der Waals surface area contributed by atoms with Crippen molar-refractivity contribution in [1.82, 2.24) is 0 Å². The lowest BCUT2D eigenvalue weighted by Gasteiger charge is -1.83. The van der Waals surface area contributed by atoms with Gasteiger partial charge < -0.3 is 10.2 Å². The molecule has 0 fully saturated rings. The Balaban J connectivity index is 2.45. The van der Waals surface area contributed by atoms with E-state index >= 15 is 0 Å². The van der Waals surface area contributed by atoms with Crippen molar-refractivity contribution in [3.05, 3.63) is 6.61 Å². The van der Waals surface area contributed by atoms with Gasteiger partial charge in [-0.05, 0) is 0 Å². The Kier molecular flexibility index (Phi) is 5.54. The number of hydrogen-bond donors (Lipinski definition) is 2. The van der Waals surface area contributed by atoms with Gasteiger partial charge in [-0.15, -0.1) is 0 Å². The van der Waals surface area contributed by atoms with Crippen LogP contribution in [0.5, 0.6) is 0 Å². The zero-order chi connectivity index (χ0) is 5.54. The van der Waals surface area contributed by atoms with Crippen LogP contribution in [0.2, 0.25) is 0 Å². The molecule has 3 heteroatoms. The predicted octanol–water partition coefficient (Wildman–Crippen LogP) is -0.851.